The summed E-state index contributed by atoms with van der Waals surface area (Å²) in [6, 6.07) is 17.3. The van der Waals surface area contributed by atoms with Crippen LogP contribution in [0.25, 0.3) is 0 Å². The van der Waals surface area contributed by atoms with Crippen molar-refractivity contribution in [2.24, 2.45) is 5.41 Å². The Balaban J connectivity index is 1.12. The molecule has 1 amide bonds. The summed E-state index contributed by atoms with van der Waals surface area (Å²) in [6.45, 7) is 15.2. The molecule has 3 N–H and O–H groups in total. The number of hydrogen-bond acceptors (Lipinski definition) is 11. The van der Waals surface area contributed by atoms with Crippen molar-refractivity contribution in [2.45, 2.75) is 84.8 Å². The van der Waals surface area contributed by atoms with Gasteiger partial charge in [0.05, 0.1) is 10.6 Å². The molecule has 3 aromatic carbocycles. The van der Waals surface area contributed by atoms with Gasteiger partial charge in [-0.25, -0.2) is 21.6 Å². The Morgan fingerprint density at radius 1 is 0.879 bits per heavy atom. The van der Waals surface area contributed by atoms with Crippen molar-refractivity contribution in [1.82, 2.24) is 19.8 Å². The fraction of sp³-hybridized carbons (Fsp3) is 0.500. The zero-order valence-electron chi connectivity index (χ0n) is 37.1. The predicted octanol–water partition coefficient (Wildman–Crippen LogP) is 8.49. The molecule has 2 aliphatic heterocycles. The quantitative estimate of drug-likeness (QED) is 0.0839. The SMILES string of the molecule is C=C(CCC(F)(F)F)C1=C(CN2CCN(c3ccc(C(=O)NS(=O)(=O)c4ccc(N[C@H](CCN5CCNCC5)CSc5ccccc5)c(S(=O)(=O)C(F)(F)F)c4)cc3)CC2)CCC(C)(C)C1. The predicted molar refractivity (Wildman–Crippen MR) is 247 cm³/mol. The third-order valence-corrected chi connectivity index (χ3v) is 16.3. The zero-order valence-corrected chi connectivity index (χ0v) is 39.6. The van der Waals surface area contributed by atoms with Gasteiger partial charge in [-0.3, -0.25) is 9.69 Å². The van der Waals surface area contributed by atoms with Crippen LogP contribution in [-0.4, -0.2) is 121 Å². The lowest BCUT2D eigenvalue weighted by Crippen LogP contribution is -2.47. The van der Waals surface area contributed by atoms with Crippen LogP contribution in [0.5, 0.6) is 0 Å². The summed E-state index contributed by atoms with van der Waals surface area (Å²) < 4.78 is 137. The Morgan fingerprint density at radius 2 is 1.55 bits per heavy atom. The lowest BCUT2D eigenvalue weighted by molar-refractivity contribution is -0.133. The molecule has 2 fully saturated rings. The number of carbonyl (C=O) groups is 1. The average Bonchev–Trinajstić information content (AvgIpc) is 3.27. The number of rotatable bonds is 18. The van der Waals surface area contributed by atoms with Crippen LogP contribution in [0.1, 0.15) is 62.7 Å². The number of nitrogens with zero attached hydrogens (tertiary/aromatic N) is 3. The normalized spacial score (nSPS) is 18.5. The van der Waals surface area contributed by atoms with E-state index in [0.29, 0.717) is 69.5 Å². The Hall–Kier alpha value is -4.08. The number of carbonyl (C=O) groups excluding carboxylic acids is 1. The molecular weight excluding hydrogens is 927 g/mol. The number of nitrogens with one attached hydrogen (secondary N) is 3. The molecule has 2 saturated heterocycles. The first kappa shape index (κ1) is 51.3. The van der Waals surface area contributed by atoms with E-state index in [2.05, 4.69) is 45.8 Å². The smallest absolute Gasteiger partial charge is 0.380 e. The van der Waals surface area contributed by atoms with Crippen molar-refractivity contribution in [1.29, 1.82) is 0 Å². The van der Waals surface area contributed by atoms with E-state index in [9.17, 15) is 48.0 Å². The van der Waals surface area contributed by atoms with Crippen LogP contribution in [0.15, 0.2) is 111 Å². The Kier molecular flexibility index (Phi) is 16.7. The topological polar surface area (TPSA) is 131 Å². The second kappa shape index (κ2) is 21.5. The van der Waals surface area contributed by atoms with Crippen molar-refractivity contribution in [3.63, 3.8) is 0 Å². The number of hydrogen-bond donors (Lipinski definition) is 3. The number of allylic oxidation sites excluding steroid dienone is 2. The van der Waals surface area contributed by atoms with Crippen LogP contribution in [0, 0.1) is 5.41 Å². The van der Waals surface area contributed by atoms with Crippen LogP contribution in [-0.2, 0) is 19.9 Å². The number of thioether (sulfide) groups is 1. The molecule has 20 heteroatoms. The van der Waals surface area contributed by atoms with Crippen LogP contribution in [0.3, 0.4) is 0 Å². The van der Waals surface area contributed by atoms with Crippen LogP contribution >= 0.6 is 11.8 Å². The molecule has 0 saturated carbocycles. The van der Waals surface area contributed by atoms with E-state index in [0.717, 1.165) is 72.9 Å². The van der Waals surface area contributed by atoms with E-state index in [1.165, 1.54) is 23.9 Å². The van der Waals surface area contributed by atoms with E-state index in [4.69, 9.17) is 0 Å². The van der Waals surface area contributed by atoms with Gasteiger partial charge in [0.25, 0.3) is 25.8 Å². The monoisotopic (exact) mass is 984 g/mol. The minimum absolute atomic E-state index is 0.0317. The summed E-state index contributed by atoms with van der Waals surface area (Å²) in [6.07, 6.45) is -2.45. The lowest BCUT2D eigenvalue weighted by atomic mass is 9.72. The maximum Gasteiger partial charge on any atom is 0.501 e. The van der Waals surface area contributed by atoms with Gasteiger partial charge in [0, 0.05) is 99.8 Å². The second-order valence-corrected chi connectivity index (χ2v) is 22.5. The largest absolute Gasteiger partial charge is 0.501 e. The number of alkyl halides is 6. The number of piperazine rings is 2. The average molecular weight is 985 g/mol. The highest BCUT2D eigenvalue weighted by atomic mass is 32.2. The highest BCUT2D eigenvalue weighted by Gasteiger charge is 2.48. The summed E-state index contributed by atoms with van der Waals surface area (Å²) in [5.41, 5.74) is -2.89. The third kappa shape index (κ3) is 14.0. The molecule has 3 aromatic rings. The maximum absolute atomic E-state index is 14.2. The minimum Gasteiger partial charge on any atom is -0.380 e. The molecule has 0 aromatic heterocycles. The van der Waals surface area contributed by atoms with Crippen molar-refractivity contribution in [3.05, 3.63) is 102 Å². The fourth-order valence-electron chi connectivity index (χ4n) is 8.36. The van der Waals surface area contributed by atoms with Crippen LogP contribution in [0.2, 0.25) is 0 Å². The van der Waals surface area contributed by atoms with Gasteiger partial charge in [-0.1, -0.05) is 49.8 Å². The summed E-state index contributed by atoms with van der Waals surface area (Å²) in [7, 11) is -11.0. The molecule has 11 nitrogen and oxygen atoms in total. The van der Waals surface area contributed by atoms with Crippen LogP contribution in [0.4, 0.5) is 37.7 Å². The number of amides is 1. The maximum atomic E-state index is 14.2. The molecule has 0 radical (unpaired) electrons. The number of benzene rings is 3. The first-order valence-corrected chi connectivity index (χ1v) is 25.9. The van der Waals surface area contributed by atoms with Gasteiger partial charge in [-0.05, 0) is 97.7 Å². The zero-order chi connectivity index (χ0) is 47.9. The molecule has 1 aliphatic carbocycles. The van der Waals surface area contributed by atoms with E-state index in [-0.39, 0.29) is 17.4 Å². The molecule has 0 bridgehead atoms. The van der Waals surface area contributed by atoms with E-state index >= 15 is 0 Å². The molecule has 362 valence electrons. The van der Waals surface area contributed by atoms with Crippen molar-refractivity contribution in [2.75, 3.05) is 81.4 Å². The Morgan fingerprint density at radius 3 is 2.18 bits per heavy atom. The second-order valence-electron chi connectivity index (χ2n) is 17.8. The van der Waals surface area contributed by atoms with E-state index < -0.39 is 65.4 Å². The third-order valence-electron chi connectivity index (χ3n) is 12.2. The summed E-state index contributed by atoms with van der Waals surface area (Å²) in [4.78, 5) is 18.6. The fourth-order valence-corrected chi connectivity index (χ4v) is 11.4. The molecule has 1 atom stereocenters. The first-order chi connectivity index (χ1) is 31.0. The number of sulfone groups is 1. The van der Waals surface area contributed by atoms with Gasteiger partial charge in [-0.2, -0.15) is 26.3 Å². The summed E-state index contributed by atoms with van der Waals surface area (Å²) >= 11 is 1.44. The van der Waals surface area contributed by atoms with Crippen molar-refractivity contribution >= 4 is 48.9 Å². The van der Waals surface area contributed by atoms with Crippen molar-refractivity contribution in [3.8, 4) is 0 Å². The van der Waals surface area contributed by atoms with E-state index in [1.807, 2.05) is 35.1 Å². The summed E-state index contributed by atoms with van der Waals surface area (Å²) in [5.74, 6) is -0.711. The highest BCUT2D eigenvalue weighted by Crippen LogP contribution is 2.43. The van der Waals surface area contributed by atoms with E-state index in [1.54, 1.807) is 12.1 Å². The molecule has 3 aliphatic rings. The number of sulfonamides is 1. The molecule has 2 heterocycles. The summed E-state index contributed by atoms with van der Waals surface area (Å²) in [5, 5.41) is 6.25. The molecule has 0 spiro atoms. The Bertz CT molecular complexity index is 2420. The van der Waals surface area contributed by atoms with Gasteiger partial charge in [-0.15, -0.1) is 11.8 Å². The van der Waals surface area contributed by atoms with Crippen LogP contribution < -0.4 is 20.3 Å². The highest BCUT2D eigenvalue weighted by molar-refractivity contribution is 7.99. The number of halogens is 6. The van der Waals surface area contributed by atoms with Gasteiger partial charge < -0.3 is 20.4 Å². The molecule has 66 heavy (non-hydrogen) atoms. The number of anilines is 2. The molecular formula is C46H58F6N6O5S3. The van der Waals surface area contributed by atoms with Gasteiger partial charge in [0.1, 0.15) is 4.90 Å². The Labute approximate surface area is 388 Å². The van der Waals surface area contributed by atoms with Crippen molar-refractivity contribution < 1.29 is 48.0 Å². The van der Waals surface area contributed by atoms with Gasteiger partial charge in [0.15, 0.2) is 0 Å². The lowest BCUT2D eigenvalue weighted by Gasteiger charge is -2.39. The minimum atomic E-state index is -6.08. The molecule has 0 unspecified atom stereocenters. The van der Waals surface area contributed by atoms with Gasteiger partial charge >= 0.3 is 11.7 Å². The first-order valence-electron chi connectivity index (χ1n) is 21.9. The molecule has 6 rings (SSSR count). The van der Waals surface area contributed by atoms with Gasteiger partial charge in [0.2, 0.25) is 0 Å². The standard InChI is InChI=1S/C46H58F6N6O5S3/c1-33(15-19-45(47,48)49)40-30-44(2,3)18-16-35(40)31-57-25-27-58(28-26-57)37-11-9-34(10-12-37)43(59)55-66(62,63)39-13-14-41(42(29-39)65(60,61)46(50,51)52)54-36(17-22-56-23-20-53-21-24-56)32-64-38-7-5-4-6-8-38/h4-14,29,36,53-54H,1,15-28,30-32H2,2-3H3,(H,55,59)/t36-/m1/s1.